The van der Waals surface area contributed by atoms with Crippen LogP contribution in [0, 0.1) is 5.92 Å². The Morgan fingerprint density at radius 1 is 1.27 bits per heavy atom. The monoisotopic (exact) mass is 232 g/mol. The van der Waals surface area contributed by atoms with Crippen molar-refractivity contribution < 1.29 is 8.42 Å². The second-order valence-electron chi connectivity index (χ2n) is 4.73. The van der Waals surface area contributed by atoms with Crippen LogP contribution >= 0.6 is 0 Å². The fourth-order valence-electron chi connectivity index (χ4n) is 2.68. The van der Waals surface area contributed by atoms with E-state index in [1.165, 1.54) is 25.5 Å². The van der Waals surface area contributed by atoms with Crippen molar-refractivity contribution >= 4 is 10.0 Å². The van der Waals surface area contributed by atoms with Gasteiger partial charge in [-0.1, -0.05) is 6.42 Å². The lowest BCUT2D eigenvalue weighted by Gasteiger charge is -2.36. The van der Waals surface area contributed by atoms with Crippen molar-refractivity contribution in [3.8, 4) is 0 Å². The smallest absolute Gasteiger partial charge is 0.211 e. The van der Waals surface area contributed by atoms with E-state index in [9.17, 15) is 8.42 Å². The van der Waals surface area contributed by atoms with Gasteiger partial charge in [-0.2, -0.15) is 0 Å². The van der Waals surface area contributed by atoms with Crippen LogP contribution in [-0.2, 0) is 10.0 Å². The third kappa shape index (κ3) is 2.71. The van der Waals surface area contributed by atoms with Gasteiger partial charge in [0.05, 0.1) is 6.26 Å². The van der Waals surface area contributed by atoms with Crippen LogP contribution < -0.4 is 5.32 Å². The van der Waals surface area contributed by atoms with E-state index in [1.54, 1.807) is 4.31 Å². The molecule has 2 aliphatic heterocycles. The van der Waals surface area contributed by atoms with Crippen LogP contribution in [0.5, 0.6) is 0 Å². The van der Waals surface area contributed by atoms with Gasteiger partial charge in [0.2, 0.25) is 10.0 Å². The molecule has 0 saturated carbocycles. The van der Waals surface area contributed by atoms with E-state index < -0.39 is 10.0 Å². The summed E-state index contributed by atoms with van der Waals surface area (Å²) in [5.41, 5.74) is 0. The molecule has 2 heterocycles. The molecule has 4 nitrogen and oxygen atoms in total. The molecule has 2 atom stereocenters. The first kappa shape index (κ1) is 11.4. The predicted molar refractivity (Wildman–Crippen MR) is 60.2 cm³/mol. The standard InChI is InChI=1S/C10H20N2O2S/c1-15(13,14)12-7-5-10-9(8-12)4-2-3-6-11-10/h9-11H,2-8H2,1H3/t9-,10+/m0/s1. The quantitative estimate of drug-likeness (QED) is 0.712. The molecule has 1 N–H and O–H groups in total. The first-order chi connectivity index (χ1) is 7.07. The Hall–Kier alpha value is -0.130. The summed E-state index contributed by atoms with van der Waals surface area (Å²) in [6.07, 6.45) is 5.91. The fourth-order valence-corrected chi connectivity index (χ4v) is 3.58. The molecule has 0 aromatic rings. The highest BCUT2D eigenvalue weighted by Gasteiger charge is 2.33. The van der Waals surface area contributed by atoms with Crippen molar-refractivity contribution in [3.05, 3.63) is 0 Å². The van der Waals surface area contributed by atoms with Crippen molar-refractivity contribution in [2.24, 2.45) is 5.92 Å². The minimum atomic E-state index is -2.98. The van der Waals surface area contributed by atoms with Gasteiger partial charge in [-0.25, -0.2) is 12.7 Å². The number of rotatable bonds is 1. The van der Waals surface area contributed by atoms with Crippen LogP contribution in [0.25, 0.3) is 0 Å². The molecule has 0 bridgehead atoms. The average Bonchev–Trinajstić information content (AvgIpc) is 2.39. The van der Waals surface area contributed by atoms with Gasteiger partial charge in [-0.05, 0) is 31.7 Å². The number of piperidine rings is 1. The average molecular weight is 232 g/mol. The number of fused-ring (bicyclic) bond motifs is 1. The fraction of sp³-hybridized carbons (Fsp3) is 1.00. The van der Waals surface area contributed by atoms with Gasteiger partial charge in [-0.15, -0.1) is 0 Å². The number of sulfonamides is 1. The molecular formula is C10H20N2O2S. The molecule has 5 heteroatoms. The maximum Gasteiger partial charge on any atom is 0.211 e. The summed E-state index contributed by atoms with van der Waals surface area (Å²) in [6.45, 7) is 2.50. The first-order valence-corrected chi connectivity index (χ1v) is 7.61. The molecule has 0 spiro atoms. The minimum Gasteiger partial charge on any atom is -0.314 e. The Morgan fingerprint density at radius 2 is 2.07 bits per heavy atom. The molecule has 2 saturated heterocycles. The van der Waals surface area contributed by atoms with Gasteiger partial charge >= 0.3 is 0 Å². The second kappa shape index (κ2) is 4.39. The van der Waals surface area contributed by atoms with Crippen molar-refractivity contribution in [1.82, 2.24) is 9.62 Å². The number of hydrogen-bond donors (Lipinski definition) is 1. The molecule has 88 valence electrons. The number of hydrogen-bond acceptors (Lipinski definition) is 3. The lowest BCUT2D eigenvalue weighted by molar-refractivity contribution is 0.210. The van der Waals surface area contributed by atoms with Crippen molar-refractivity contribution in [1.29, 1.82) is 0 Å². The molecule has 2 rings (SSSR count). The van der Waals surface area contributed by atoms with Crippen LogP contribution in [0.1, 0.15) is 25.7 Å². The van der Waals surface area contributed by atoms with Crippen LogP contribution in [0.3, 0.4) is 0 Å². The van der Waals surface area contributed by atoms with Gasteiger partial charge in [0.25, 0.3) is 0 Å². The summed E-state index contributed by atoms with van der Waals surface area (Å²) in [4.78, 5) is 0. The van der Waals surface area contributed by atoms with Crippen LogP contribution in [0.15, 0.2) is 0 Å². The lowest BCUT2D eigenvalue weighted by Crippen LogP contribution is -2.50. The van der Waals surface area contributed by atoms with Gasteiger partial charge in [0.1, 0.15) is 0 Å². The van der Waals surface area contributed by atoms with Crippen LogP contribution in [-0.4, -0.2) is 44.7 Å². The Labute approximate surface area is 92.1 Å². The van der Waals surface area contributed by atoms with Crippen LogP contribution in [0.2, 0.25) is 0 Å². The van der Waals surface area contributed by atoms with E-state index in [0.717, 1.165) is 19.5 Å². The summed E-state index contributed by atoms with van der Waals surface area (Å²) in [5.74, 6) is 0.524. The highest BCUT2D eigenvalue weighted by molar-refractivity contribution is 7.88. The Morgan fingerprint density at radius 3 is 2.80 bits per heavy atom. The molecule has 2 aliphatic rings. The van der Waals surface area contributed by atoms with Gasteiger partial charge in [0, 0.05) is 19.1 Å². The molecule has 2 fully saturated rings. The largest absolute Gasteiger partial charge is 0.314 e. The third-order valence-corrected chi connectivity index (χ3v) is 4.84. The summed E-state index contributed by atoms with van der Waals surface area (Å²) >= 11 is 0. The summed E-state index contributed by atoms with van der Waals surface area (Å²) in [5, 5.41) is 3.53. The van der Waals surface area contributed by atoms with E-state index in [-0.39, 0.29) is 0 Å². The number of nitrogens with one attached hydrogen (secondary N) is 1. The van der Waals surface area contributed by atoms with Gasteiger partial charge < -0.3 is 5.32 Å². The van der Waals surface area contributed by atoms with Crippen molar-refractivity contribution in [2.75, 3.05) is 25.9 Å². The summed E-state index contributed by atoms with van der Waals surface area (Å²) < 4.78 is 24.5. The van der Waals surface area contributed by atoms with Crippen LogP contribution in [0.4, 0.5) is 0 Å². The normalized spacial score (nSPS) is 34.5. The molecule has 0 amide bonds. The van der Waals surface area contributed by atoms with Crippen molar-refractivity contribution in [3.63, 3.8) is 0 Å². The zero-order valence-corrected chi connectivity index (χ0v) is 10.1. The molecule has 0 radical (unpaired) electrons. The van der Waals surface area contributed by atoms with Gasteiger partial charge in [0.15, 0.2) is 0 Å². The van der Waals surface area contributed by atoms with E-state index in [0.29, 0.717) is 18.5 Å². The highest BCUT2D eigenvalue weighted by Crippen LogP contribution is 2.25. The Bertz CT molecular complexity index is 315. The van der Waals surface area contributed by atoms with Crippen molar-refractivity contribution in [2.45, 2.75) is 31.7 Å². The van der Waals surface area contributed by atoms with E-state index >= 15 is 0 Å². The molecule has 0 aromatic heterocycles. The van der Waals surface area contributed by atoms with E-state index in [2.05, 4.69) is 5.32 Å². The summed E-state index contributed by atoms with van der Waals surface area (Å²) in [6, 6.07) is 0.547. The maximum absolute atomic E-state index is 11.5. The first-order valence-electron chi connectivity index (χ1n) is 5.76. The summed E-state index contributed by atoms with van der Waals surface area (Å²) in [7, 11) is -2.98. The lowest BCUT2D eigenvalue weighted by atomic mass is 9.90. The van der Waals surface area contributed by atoms with E-state index in [4.69, 9.17) is 0 Å². The molecule has 0 aromatic carbocycles. The third-order valence-electron chi connectivity index (χ3n) is 3.57. The Balaban J connectivity index is 2.03. The zero-order valence-electron chi connectivity index (χ0n) is 9.28. The molecular weight excluding hydrogens is 212 g/mol. The Kier molecular flexibility index (Phi) is 3.33. The van der Waals surface area contributed by atoms with Gasteiger partial charge in [-0.3, -0.25) is 0 Å². The molecule has 0 unspecified atom stereocenters. The molecule has 15 heavy (non-hydrogen) atoms. The highest BCUT2D eigenvalue weighted by atomic mass is 32.2. The SMILES string of the molecule is CS(=O)(=O)N1CC[C@H]2NCCCC[C@H]2C1. The number of nitrogens with zero attached hydrogens (tertiary/aromatic N) is 1. The maximum atomic E-state index is 11.5. The second-order valence-corrected chi connectivity index (χ2v) is 6.71. The molecule has 0 aliphatic carbocycles. The predicted octanol–water partition coefficient (Wildman–Crippen LogP) is 0.410. The zero-order chi connectivity index (χ0) is 10.9. The minimum absolute atomic E-state index is 0.524. The topological polar surface area (TPSA) is 49.4 Å². The van der Waals surface area contributed by atoms with E-state index in [1.807, 2.05) is 0 Å².